The molecule has 0 heterocycles. The van der Waals surface area contributed by atoms with Crippen molar-refractivity contribution in [3.05, 3.63) is 34.3 Å². The van der Waals surface area contributed by atoms with Crippen LogP contribution in [0, 0.1) is 11.8 Å². The molecule has 68 valence electrons. The SMILES string of the molecule is Brc1ccc(C2CCC2)cc1.C#N. The highest BCUT2D eigenvalue weighted by Gasteiger charge is 2.18. The maximum absolute atomic E-state index is 6.50. The first-order valence-corrected chi connectivity index (χ1v) is 5.17. The van der Waals surface area contributed by atoms with Gasteiger partial charge in [0.15, 0.2) is 0 Å². The quantitative estimate of drug-likeness (QED) is 0.728. The van der Waals surface area contributed by atoms with Crippen LogP contribution in [0.25, 0.3) is 0 Å². The Morgan fingerprint density at radius 1 is 1.15 bits per heavy atom. The number of nitriles is 1. The second-order valence-corrected chi connectivity index (χ2v) is 4.10. The molecule has 2 heteroatoms. The molecule has 1 aliphatic carbocycles. The summed E-state index contributed by atoms with van der Waals surface area (Å²) >= 11 is 3.43. The standard InChI is InChI=1S/C10H11Br.CHN/c11-10-6-4-9(5-7-10)8-2-1-3-8;1-2/h4-8H,1-3H2;1H. The minimum Gasteiger partial charge on any atom is -0.202 e. The van der Waals surface area contributed by atoms with Gasteiger partial charge in [0.1, 0.15) is 0 Å². The molecule has 13 heavy (non-hydrogen) atoms. The van der Waals surface area contributed by atoms with Crippen LogP contribution in [0.15, 0.2) is 28.7 Å². The van der Waals surface area contributed by atoms with E-state index in [1.807, 2.05) is 0 Å². The highest BCUT2D eigenvalue weighted by Crippen LogP contribution is 2.36. The molecule has 1 aromatic rings. The van der Waals surface area contributed by atoms with Gasteiger partial charge in [-0.1, -0.05) is 34.5 Å². The lowest BCUT2D eigenvalue weighted by molar-refractivity contribution is 0.420. The number of rotatable bonds is 1. The van der Waals surface area contributed by atoms with Crippen molar-refractivity contribution in [2.75, 3.05) is 0 Å². The zero-order valence-electron chi connectivity index (χ0n) is 7.41. The van der Waals surface area contributed by atoms with Crippen molar-refractivity contribution in [1.82, 2.24) is 0 Å². The summed E-state index contributed by atoms with van der Waals surface area (Å²) in [5, 5.41) is 6.50. The van der Waals surface area contributed by atoms with Crippen LogP contribution in [0.3, 0.4) is 0 Å². The van der Waals surface area contributed by atoms with Gasteiger partial charge in [-0.2, -0.15) is 0 Å². The average molecular weight is 238 g/mol. The molecule has 0 saturated heterocycles. The first-order chi connectivity index (χ1) is 6.36. The summed E-state index contributed by atoms with van der Waals surface area (Å²) in [6, 6.07) is 8.73. The fraction of sp³-hybridized carbons (Fsp3) is 0.364. The maximum atomic E-state index is 6.50. The van der Waals surface area contributed by atoms with E-state index in [0.717, 1.165) is 5.92 Å². The second-order valence-electron chi connectivity index (χ2n) is 3.18. The molecule has 0 bridgehead atoms. The normalized spacial score (nSPS) is 15.3. The number of benzene rings is 1. The lowest BCUT2D eigenvalue weighted by Crippen LogP contribution is -2.07. The lowest BCUT2D eigenvalue weighted by atomic mass is 9.80. The smallest absolute Gasteiger partial charge is 0.0462 e. The Morgan fingerprint density at radius 2 is 1.69 bits per heavy atom. The number of nitrogens with zero attached hydrogens (tertiary/aromatic N) is 1. The minimum atomic E-state index is 0.864. The third-order valence-corrected chi connectivity index (χ3v) is 2.98. The molecule has 0 N–H and O–H groups in total. The molecule has 1 fully saturated rings. The highest BCUT2D eigenvalue weighted by atomic mass is 79.9. The highest BCUT2D eigenvalue weighted by molar-refractivity contribution is 9.10. The lowest BCUT2D eigenvalue weighted by Gasteiger charge is -2.25. The summed E-state index contributed by atoms with van der Waals surface area (Å²) in [5.74, 6) is 0.864. The molecular weight excluding hydrogens is 226 g/mol. The van der Waals surface area contributed by atoms with Crippen molar-refractivity contribution >= 4 is 15.9 Å². The Hall–Kier alpha value is -0.810. The van der Waals surface area contributed by atoms with Crippen LogP contribution in [0.2, 0.25) is 0 Å². The molecule has 0 radical (unpaired) electrons. The predicted octanol–water partition coefficient (Wildman–Crippen LogP) is 3.86. The van der Waals surface area contributed by atoms with Crippen LogP contribution in [0.5, 0.6) is 0 Å². The van der Waals surface area contributed by atoms with E-state index in [1.165, 1.54) is 29.3 Å². The summed E-state index contributed by atoms with van der Waals surface area (Å²) in [4.78, 5) is 0. The summed E-state index contributed by atoms with van der Waals surface area (Å²) < 4.78 is 1.18. The predicted molar refractivity (Wildman–Crippen MR) is 57.4 cm³/mol. The van der Waals surface area contributed by atoms with E-state index in [4.69, 9.17) is 5.26 Å². The molecule has 0 aliphatic heterocycles. The fourth-order valence-corrected chi connectivity index (χ4v) is 1.74. The molecule has 0 aromatic heterocycles. The molecule has 1 aliphatic rings. The number of hydrogen-bond donors (Lipinski definition) is 0. The topological polar surface area (TPSA) is 23.8 Å². The van der Waals surface area contributed by atoms with Crippen molar-refractivity contribution in [2.45, 2.75) is 25.2 Å². The van der Waals surface area contributed by atoms with Gasteiger partial charge in [-0.15, -0.1) is 0 Å². The van der Waals surface area contributed by atoms with Gasteiger partial charge >= 0.3 is 0 Å². The Balaban J connectivity index is 0.000000396. The van der Waals surface area contributed by atoms with E-state index >= 15 is 0 Å². The van der Waals surface area contributed by atoms with E-state index in [0.29, 0.717) is 0 Å². The third kappa shape index (κ3) is 2.57. The van der Waals surface area contributed by atoms with Crippen LogP contribution in [0.4, 0.5) is 0 Å². The Labute approximate surface area is 87.5 Å². The number of halogens is 1. The van der Waals surface area contributed by atoms with Crippen LogP contribution in [-0.4, -0.2) is 0 Å². The van der Waals surface area contributed by atoms with Gasteiger partial charge in [0.25, 0.3) is 0 Å². The van der Waals surface area contributed by atoms with Gasteiger partial charge in [0.2, 0.25) is 0 Å². The molecule has 0 spiro atoms. The van der Waals surface area contributed by atoms with Gasteiger partial charge < -0.3 is 0 Å². The summed E-state index contributed by atoms with van der Waals surface area (Å²) in [7, 11) is 0. The molecule has 0 unspecified atom stereocenters. The minimum absolute atomic E-state index is 0.864. The van der Waals surface area contributed by atoms with E-state index in [9.17, 15) is 0 Å². The largest absolute Gasteiger partial charge is 0.202 e. The van der Waals surface area contributed by atoms with Gasteiger partial charge in [0.05, 0.1) is 0 Å². The van der Waals surface area contributed by atoms with Crippen molar-refractivity contribution in [1.29, 1.82) is 5.26 Å². The Bertz CT molecular complexity index is 272. The third-order valence-electron chi connectivity index (χ3n) is 2.45. The second kappa shape index (κ2) is 5.04. The van der Waals surface area contributed by atoms with Gasteiger partial charge in [-0.05, 0) is 36.5 Å². The maximum Gasteiger partial charge on any atom is 0.0462 e. The first-order valence-electron chi connectivity index (χ1n) is 4.37. The molecular formula is C11H12BrN. The van der Waals surface area contributed by atoms with Crippen molar-refractivity contribution in [3.63, 3.8) is 0 Å². The molecule has 1 nitrogen and oxygen atoms in total. The van der Waals surface area contributed by atoms with Crippen LogP contribution in [0.1, 0.15) is 30.7 Å². The van der Waals surface area contributed by atoms with Crippen molar-refractivity contribution in [3.8, 4) is 6.57 Å². The van der Waals surface area contributed by atoms with Gasteiger partial charge in [-0.25, -0.2) is 5.26 Å². The zero-order chi connectivity index (χ0) is 9.68. The fourth-order valence-electron chi connectivity index (χ4n) is 1.48. The number of hydrogen-bond acceptors (Lipinski definition) is 1. The van der Waals surface area contributed by atoms with E-state index in [1.54, 1.807) is 0 Å². The Morgan fingerprint density at radius 3 is 2.08 bits per heavy atom. The molecule has 1 aromatic carbocycles. The van der Waals surface area contributed by atoms with Gasteiger partial charge in [-0.3, -0.25) is 0 Å². The van der Waals surface area contributed by atoms with E-state index < -0.39 is 0 Å². The monoisotopic (exact) mass is 237 g/mol. The van der Waals surface area contributed by atoms with E-state index in [2.05, 4.69) is 46.8 Å². The van der Waals surface area contributed by atoms with Gasteiger partial charge in [0, 0.05) is 11.0 Å². The summed E-state index contributed by atoms with van der Waals surface area (Å²) in [6.07, 6.45) is 4.20. The first kappa shape index (κ1) is 10.3. The van der Waals surface area contributed by atoms with Crippen molar-refractivity contribution in [2.24, 2.45) is 0 Å². The van der Waals surface area contributed by atoms with Crippen molar-refractivity contribution < 1.29 is 0 Å². The summed E-state index contributed by atoms with van der Waals surface area (Å²) in [5.41, 5.74) is 1.51. The average Bonchev–Trinajstić information content (AvgIpc) is 2.09. The summed E-state index contributed by atoms with van der Waals surface area (Å²) in [6.45, 7) is 3.50. The zero-order valence-corrected chi connectivity index (χ0v) is 9.00. The molecule has 2 rings (SSSR count). The molecule has 1 saturated carbocycles. The van der Waals surface area contributed by atoms with Crippen LogP contribution in [-0.2, 0) is 0 Å². The molecule has 0 atom stereocenters. The van der Waals surface area contributed by atoms with Crippen LogP contribution >= 0.6 is 15.9 Å². The molecule has 0 amide bonds. The van der Waals surface area contributed by atoms with Crippen LogP contribution < -0.4 is 0 Å². The Kier molecular flexibility index (Phi) is 3.98. The van der Waals surface area contributed by atoms with E-state index in [-0.39, 0.29) is 0 Å².